The Morgan fingerprint density at radius 2 is 1.18 bits per heavy atom. The number of hydrogen-bond donors (Lipinski definition) is 2. The Morgan fingerprint density at radius 3 is 1.61 bits per heavy atom. The third-order valence-electron chi connectivity index (χ3n) is 6.60. The highest BCUT2D eigenvalue weighted by Gasteiger charge is 2.35. The van der Waals surface area contributed by atoms with Crippen LogP contribution in [0.25, 0.3) is 0 Å². The maximum atomic E-state index is 6.46. The minimum atomic E-state index is -2.08. The van der Waals surface area contributed by atoms with Gasteiger partial charge >= 0.3 is 0 Å². The van der Waals surface area contributed by atoms with Gasteiger partial charge < -0.3 is 9.80 Å². The van der Waals surface area contributed by atoms with E-state index in [0.717, 1.165) is 0 Å². The highest BCUT2D eigenvalue weighted by atomic mass is 32.4. The third kappa shape index (κ3) is 5.44. The molecule has 6 heteroatoms. The molecule has 0 aliphatic heterocycles. The van der Waals surface area contributed by atoms with Crippen LogP contribution in [0.2, 0.25) is 0 Å². The van der Waals surface area contributed by atoms with E-state index in [1.165, 1.54) is 56.7 Å². The summed E-state index contributed by atoms with van der Waals surface area (Å²) < 4.78 is 0. The summed E-state index contributed by atoms with van der Waals surface area (Å²) in [5.41, 5.74) is 0. The van der Waals surface area contributed by atoms with E-state index in [1.807, 2.05) is 0 Å². The van der Waals surface area contributed by atoms with Crippen molar-refractivity contribution < 1.29 is 0 Å². The van der Waals surface area contributed by atoms with Crippen molar-refractivity contribution in [2.75, 3.05) is 28.2 Å². The zero-order chi connectivity index (χ0) is 20.1. The fourth-order valence-corrected chi connectivity index (χ4v) is 8.73. The third-order valence-corrected chi connectivity index (χ3v) is 10.3. The van der Waals surface area contributed by atoms with Crippen molar-refractivity contribution in [3.05, 3.63) is 30.3 Å². The van der Waals surface area contributed by atoms with Gasteiger partial charge in [-0.25, -0.2) is 0 Å². The van der Waals surface area contributed by atoms with E-state index < -0.39 is 6.34 Å². The number of nitrogens with zero attached hydrogens (tertiary/aromatic N) is 2. The summed E-state index contributed by atoms with van der Waals surface area (Å²) in [5.74, 6) is 0. The Balaban J connectivity index is 1.86. The monoisotopic (exact) mass is 422 g/mol. The van der Waals surface area contributed by atoms with E-state index in [1.54, 1.807) is 0 Å². The van der Waals surface area contributed by atoms with Gasteiger partial charge in [0.25, 0.3) is 0 Å². The summed E-state index contributed by atoms with van der Waals surface area (Å²) in [4.78, 5) is 4.79. The van der Waals surface area contributed by atoms with Gasteiger partial charge in [0.2, 0.25) is 0 Å². The van der Waals surface area contributed by atoms with Gasteiger partial charge in [0.05, 0.1) is 0 Å². The van der Waals surface area contributed by atoms with Crippen molar-refractivity contribution >= 4 is 23.5 Å². The first-order chi connectivity index (χ1) is 13.4. The van der Waals surface area contributed by atoms with Crippen LogP contribution in [0.5, 0.6) is 0 Å². The Hall–Kier alpha value is -0.290. The van der Waals surface area contributed by atoms with Crippen LogP contribution in [0.15, 0.2) is 30.3 Å². The SMILES string of the molecule is CN(C)[C@@H]1CCCCC1NP(=S)(N[C@@H]1CCCC[C@H]1N(C)C)c1ccccc1. The van der Waals surface area contributed by atoms with E-state index >= 15 is 0 Å². The molecule has 5 atom stereocenters. The van der Waals surface area contributed by atoms with Crippen LogP contribution in [-0.4, -0.2) is 62.2 Å². The second kappa shape index (κ2) is 10.1. The molecule has 2 saturated carbocycles. The van der Waals surface area contributed by atoms with Crippen LogP contribution in [0.3, 0.4) is 0 Å². The van der Waals surface area contributed by atoms with Crippen molar-refractivity contribution in [1.82, 2.24) is 20.0 Å². The molecule has 2 N–H and O–H groups in total. The highest BCUT2D eigenvalue weighted by Crippen LogP contribution is 2.41. The normalized spacial score (nSPS) is 31.1. The van der Waals surface area contributed by atoms with Crippen LogP contribution in [0.4, 0.5) is 0 Å². The molecule has 1 aromatic rings. The lowest BCUT2D eigenvalue weighted by molar-refractivity contribution is 0.186. The van der Waals surface area contributed by atoms with Crippen LogP contribution >= 0.6 is 6.34 Å². The lowest BCUT2D eigenvalue weighted by Crippen LogP contribution is -2.54. The van der Waals surface area contributed by atoms with Gasteiger partial charge in [0, 0.05) is 29.5 Å². The zero-order valence-corrected chi connectivity index (χ0v) is 19.8. The highest BCUT2D eigenvalue weighted by molar-refractivity contribution is 8.16. The molecule has 2 aliphatic carbocycles. The predicted molar refractivity (Wildman–Crippen MR) is 126 cm³/mol. The van der Waals surface area contributed by atoms with E-state index in [9.17, 15) is 0 Å². The van der Waals surface area contributed by atoms with E-state index in [-0.39, 0.29) is 0 Å². The van der Waals surface area contributed by atoms with Gasteiger partial charge in [-0.15, -0.1) is 0 Å². The molecule has 2 fully saturated rings. The molecule has 3 rings (SSSR count). The summed E-state index contributed by atoms with van der Waals surface area (Å²) in [6.45, 7) is 0. The number of rotatable bonds is 7. The molecule has 4 nitrogen and oxygen atoms in total. The van der Waals surface area contributed by atoms with Gasteiger partial charge in [-0.3, -0.25) is 10.2 Å². The second-order valence-corrected chi connectivity index (χ2v) is 12.9. The standard InChI is InChI=1S/C22H39N4PS/c1-25(2)21-16-10-8-14-19(21)23-27(28,18-12-6-5-7-13-18)24-20-15-9-11-17-22(20)26(3)4/h5-7,12-13,19-22H,8-11,14-17H2,1-4H3,(H2,23,24,28)/t19-,20?,21-,22-,27?/m1/s1. The molecule has 0 aromatic heterocycles. The van der Waals surface area contributed by atoms with Crippen molar-refractivity contribution in [1.29, 1.82) is 0 Å². The van der Waals surface area contributed by atoms with Gasteiger partial charge in [0.1, 0.15) is 6.34 Å². The average molecular weight is 423 g/mol. The van der Waals surface area contributed by atoms with Crippen LogP contribution in [-0.2, 0) is 11.8 Å². The summed E-state index contributed by atoms with van der Waals surface area (Å²) in [5, 5.41) is 9.36. The molecule has 0 saturated heterocycles. The Bertz CT molecular complexity index is 617. The van der Waals surface area contributed by atoms with Crippen molar-refractivity contribution in [3.63, 3.8) is 0 Å². The first kappa shape index (κ1) is 22.4. The zero-order valence-electron chi connectivity index (χ0n) is 18.1. The maximum Gasteiger partial charge on any atom is 0.102 e. The number of likely N-dealkylation sites (N-methyl/N-ethyl adjacent to an activating group) is 2. The van der Waals surface area contributed by atoms with Crippen LogP contribution in [0.1, 0.15) is 51.4 Å². The minimum absolute atomic E-state index is 0.462. The Kier molecular flexibility index (Phi) is 8.12. The fraction of sp³-hybridized carbons (Fsp3) is 0.727. The Labute approximate surface area is 177 Å². The molecule has 2 aliphatic rings. The lowest BCUT2D eigenvalue weighted by atomic mass is 9.90. The Morgan fingerprint density at radius 1 is 0.750 bits per heavy atom. The second-order valence-electron chi connectivity index (χ2n) is 9.05. The van der Waals surface area contributed by atoms with E-state index in [4.69, 9.17) is 11.8 Å². The van der Waals surface area contributed by atoms with Gasteiger partial charge in [0.15, 0.2) is 0 Å². The summed E-state index contributed by atoms with van der Waals surface area (Å²) in [6, 6.07) is 12.9. The molecule has 158 valence electrons. The predicted octanol–water partition coefficient (Wildman–Crippen LogP) is 3.55. The number of nitrogens with one attached hydrogen (secondary N) is 2. The quantitative estimate of drug-likeness (QED) is 0.657. The smallest absolute Gasteiger partial charge is 0.102 e. The molecule has 1 aromatic carbocycles. The van der Waals surface area contributed by atoms with Gasteiger partial charge in [-0.05, 0) is 53.9 Å². The summed E-state index contributed by atoms with van der Waals surface area (Å²) in [7, 11) is 8.86. The summed E-state index contributed by atoms with van der Waals surface area (Å²) in [6.07, 6.45) is 8.14. The topological polar surface area (TPSA) is 30.5 Å². The van der Waals surface area contributed by atoms with Crippen molar-refractivity contribution in [2.45, 2.75) is 75.5 Å². The molecule has 2 unspecified atom stereocenters. The number of hydrogen-bond acceptors (Lipinski definition) is 3. The van der Waals surface area contributed by atoms with E-state index in [0.29, 0.717) is 24.2 Å². The fourth-order valence-electron chi connectivity index (χ4n) is 5.05. The summed E-state index contributed by atoms with van der Waals surface area (Å²) >= 11 is 6.46. The first-order valence-electron chi connectivity index (χ1n) is 10.9. The maximum absolute atomic E-state index is 6.46. The molecular weight excluding hydrogens is 383 g/mol. The molecule has 0 amide bonds. The molecule has 0 spiro atoms. The largest absolute Gasteiger partial charge is 0.305 e. The van der Waals surface area contributed by atoms with Crippen LogP contribution in [0, 0.1) is 0 Å². The molecule has 0 heterocycles. The van der Waals surface area contributed by atoms with E-state index in [2.05, 4.69) is 78.5 Å². The molecule has 0 radical (unpaired) electrons. The lowest BCUT2D eigenvalue weighted by Gasteiger charge is -2.44. The van der Waals surface area contributed by atoms with Gasteiger partial charge in [-0.1, -0.05) is 67.8 Å². The molecular formula is C22H39N4PS. The van der Waals surface area contributed by atoms with Crippen molar-refractivity contribution in [3.8, 4) is 0 Å². The first-order valence-corrected chi connectivity index (χ1v) is 13.7. The average Bonchev–Trinajstić information content (AvgIpc) is 2.69. The number of benzene rings is 1. The van der Waals surface area contributed by atoms with Crippen LogP contribution < -0.4 is 15.5 Å². The minimum Gasteiger partial charge on any atom is -0.305 e. The molecule has 28 heavy (non-hydrogen) atoms. The van der Waals surface area contributed by atoms with Crippen molar-refractivity contribution in [2.24, 2.45) is 0 Å². The van der Waals surface area contributed by atoms with Gasteiger partial charge in [-0.2, -0.15) is 0 Å². The molecule has 0 bridgehead atoms.